The van der Waals surface area contributed by atoms with Crippen molar-refractivity contribution in [3.05, 3.63) is 0 Å². The van der Waals surface area contributed by atoms with Gasteiger partial charge in [-0.05, 0) is 0 Å². The van der Waals surface area contributed by atoms with Gasteiger partial charge in [0.15, 0.2) is 0 Å². The van der Waals surface area contributed by atoms with Crippen LogP contribution in [0.15, 0.2) is 0 Å². The van der Waals surface area contributed by atoms with E-state index >= 15 is 0 Å². The molecular weight excluding hydrogens is 218 g/mol. The first kappa shape index (κ1) is 15.6. The minimum atomic E-state index is -5.17. The van der Waals surface area contributed by atoms with Crippen molar-refractivity contribution in [3.63, 3.8) is 0 Å². The Morgan fingerprint density at radius 1 is 1.14 bits per heavy atom. The molecule has 2 N–H and O–H groups in total. The van der Waals surface area contributed by atoms with Gasteiger partial charge in [-0.15, -0.1) is 0 Å². The van der Waals surface area contributed by atoms with E-state index in [1.54, 1.807) is 0 Å². The molecule has 0 heterocycles. The minimum absolute atomic E-state index is 0. The van der Waals surface area contributed by atoms with E-state index in [1.807, 2.05) is 0 Å². The Morgan fingerprint density at radius 3 is 1.14 bits per heavy atom. The number of hydrogen-bond acceptors (Lipinski definition) is 4. The van der Waals surface area contributed by atoms with Crippen LogP contribution < -0.4 is 0 Å². The average Bonchev–Trinajstić information content (AvgIpc) is 0.722. The van der Waals surface area contributed by atoms with E-state index in [-0.39, 0.29) is 25.9 Å². The van der Waals surface area contributed by atoms with E-state index in [2.05, 4.69) is 0 Å². The quantitative estimate of drug-likeness (QED) is 0.263. The van der Waals surface area contributed by atoms with Crippen molar-refractivity contribution >= 4 is 10.4 Å². The Morgan fingerprint density at radius 2 is 1.14 bits per heavy atom. The van der Waals surface area contributed by atoms with Gasteiger partial charge in [-0.3, -0.25) is 8.42 Å². The van der Waals surface area contributed by atoms with Crippen molar-refractivity contribution in [1.82, 2.24) is 0 Å². The summed E-state index contributed by atoms with van der Waals surface area (Å²) in [6.07, 6.45) is 0. The molecule has 0 radical (unpaired) electrons. The van der Waals surface area contributed by atoms with Gasteiger partial charge in [-0.1, -0.05) is 0 Å². The molecule has 0 atom stereocenters. The molecule has 0 aliphatic heterocycles. The van der Waals surface area contributed by atoms with E-state index in [0.717, 1.165) is 0 Å². The number of rotatable bonds is 0. The van der Waals surface area contributed by atoms with Crippen LogP contribution in [0.4, 0.5) is 0 Å². The van der Waals surface area contributed by atoms with Gasteiger partial charge in [0.2, 0.25) is 0 Å². The first-order valence-electron chi connectivity index (χ1n) is 0.667. The van der Waals surface area contributed by atoms with Crippen LogP contribution in [0.1, 0.15) is 0 Å². The molecule has 0 saturated carbocycles. The molecule has 0 aromatic heterocycles. The van der Waals surface area contributed by atoms with E-state index in [9.17, 15) is 0 Å². The monoisotopic (exact) mass is 220 g/mol. The Labute approximate surface area is 54.3 Å². The van der Waals surface area contributed by atoms with E-state index in [0.29, 0.717) is 0 Å². The van der Waals surface area contributed by atoms with Gasteiger partial charge in [0.1, 0.15) is 0 Å². The molecular formula is H2O5PdS. The van der Waals surface area contributed by atoms with Crippen LogP contribution in [0, 0.1) is 0 Å². The van der Waals surface area contributed by atoms with Crippen LogP contribution in [0.2, 0.25) is 0 Å². The SMILES string of the molecule is O.O=S(=O)([O-])[O-].[Pd+2]. The first-order chi connectivity index (χ1) is 2.00. The van der Waals surface area contributed by atoms with Gasteiger partial charge in [-0.25, -0.2) is 0 Å². The van der Waals surface area contributed by atoms with Gasteiger partial charge in [0.05, 0.1) is 0 Å². The van der Waals surface area contributed by atoms with E-state index < -0.39 is 10.4 Å². The summed E-state index contributed by atoms with van der Waals surface area (Å²) in [7, 11) is -5.17. The second-order valence-electron chi connectivity index (χ2n) is 0.408. The van der Waals surface area contributed by atoms with Crippen LogP contribution in [-0.2, 0) is 30.8 Å². The molecule has 0 aliphatic rings. The van der Waals surface area contributed by atoms with Gasteiger partial charge >= 0.3 is 20.4 Å². The maximum absolute atomic E-state index is 8.52. The molecule has 0 aliphatic carbocycles. The van der Waals surface area contributed by atoms with Crippen LogP contribution in [0.5, 0.6) is 0 Å². The van der Waals surface area contributed by atoms with Crippen molar-refractivity contribution < 1.29 is 43.4 Å². The molecule has 5 nitrogen and oxygen atoms in total. The molecule has 7 heteroatoms. The fourth-order valence-electron chi connectivity index (χ4n) is 0. The summed E-state index contributed by atoms with van der Waals surface area (Å²) in [6.45, 7) is 0. The minimum Gasteiger partial charge on any atom is -0.759 e. The van der Waals surface area contributed by atoms with Gasteiger partial charge < -0.3 is 14.6 Å². The topological polar surface area (TPSA) is 112 Å². The molecule has 0 rings (SSSR count). The molecule has 0 spiro atoms. The Hall–Kier alpha value is 0.492. The number of hydrogen-bond donors (Lipinski definition) is 0. The molecule has 0 fully saturated rings. The maximum Gasteiger partial charge on any atom is 2.00 e. The molecule has 0 amide bonds. The average molecular weight is 220 g/mol. The summed E-state index contributed by atoms with van der Waals surface area (Å²) in [5.41, 5.74) is 0. The normalized spacial score (nSPS) is 8.29. The third kappa shape index (κ3) is 541. The van der Waals surface area contributed by atoms with Crippen LogP contribution in [0.3, 0.4) is 0 Å². The van der Waals surface area contributed by atoms with Gasteiger partial charge in [0, 0.05) is 10.4 Å². The largest absolute Gasteiger partial charge is 2.00 e. The molecule has 48 valence electrons. The molecule has 0 aromatic carbocycles. The smallest absolute Gasteiger partial charge is 0.759 e. The van der Waals surface area contributed by atoms with Gasteiger partial charge in [0.25, 0.3) is 0 Å². The van der Waals surface area contributed by atoms with Crippen molar-refractivity contribution in [1.29, 1.82) is 0 Å². The van der Waals surface area contributed by atoms with Crippen molar-refractivity contribution in [2.45, 2.75) is 0 Å². The van der Waals surface area contributed by atoms with E-state index in [1.165, 1.54) is 0 Å². The summed E-state index contributed by atoms with van der Waals surface area (Å²) in [4.78, 5) is 0. The molecule has 0 unspecified atom stereocenters. The zero-order chi connectivity index (χ0) is 4.50. The van der Waals surface area contributed by atoms with E-state index in [4.69, 9.17) is 17.5 Å². The zero-order valence-corrected chi connectivity index (χ0v) is 5.23. The summed E-state index contributed by atoms with van der Waals surface area (Å²) in [5.74, 6) is 0. The predicted molar refractivity (Wildman–Crippen MR) is 14.1 cm³/mol. The van der Waals surface area contributed by atoms with Crippen LogP contribution in [-0.4, -0.2) is 23.0 Å². The fraction of sp³-hybridized carbons (Fsp3) is 0. The van der Waals surface area contributed by atoms with Crippen molar-refractivity contribution in [2.24, 2.45) is 0 Å². The van der Waals surface area contributed by atoms with Crippen LogP contribution >= 0.6 is 0 Å². The van der Waals surface area contributed by atoms with Gasteiger partial charge in [-0.2, -0.15) is 0 Å². The second kappa shape index (κ2) is 4.65. The summed E-state index contributed by atoms with van der Waals surface area (Å²) in [6, 6.07) is 0. The van der Waals surface area contributed by atoms with Crippen molar-refractivity contribution in [2.75, 3.05) is 0 Å². The summed E-state index contributed by atoms with van der Waals surface area (Å²) < 4.78 is 34.1. The summed E-state index contributed by atoms with van der Waals surface area (Å²) >= 11 is 0. The third-order valence-electron chi connectivity index (χ3n) is 0. The Bertz CT molecular complexity index is 91.2. The predicted octanol–water partition coefficient (Wildman–Crippen LogP) is -2.17. The fourth-order valence-corrected chi connectivity index (χ4v) is 0. The molecule has 7 heavy (non-hydrogen) atoms. The Balaban J connectivity index is -0.0000000800. The third-order valence-corrected chi connectivity index (χ3v) is 0. The molecule has 0 aromatic rings. The summed E-state index contributed by atoms with van der Waals surface area (Å²) in [5, 5.41) is 0. The second-order valence-corrected chi connectivity index (χ2v) is 1.22. The standard InChI is InChI=1S/H2O4S.H2O.Pd/c1-5(2,3)4;;/h(H2,1,2,3,4);1H2;/q;;+2/p-2. The molecule has 0 saturated heterocycles. The maximum atomic E-state index is 8.52. The zero-order valence-electron chi connectivity index (χ0n) is 2.86. The van der Waals surface area contributed by atoms with Crippen LogP contribution in [0.25, 0.3) is 0 Å². The molecule has 0 bridgehead atoms. The van der Waals surface area contributed by atoms with Crippen molar-refractivity contribution in [3.8, 4) is 0 Å². The first-order valence-corrected chi connectivity index (χ1v) is 2.00. The Kier molecular flexibility index (Phi) is 10.4.